The molecule has 0 aliphatic carbocycles. The van der Waals surface area contributed by atoms with Crippen molar-refractivity contribution in [3.63, 3.8) is 0 Å². The number of aryl methyl sites for hydroxylation is 2. The minimum atomic E-state index is -0.300. The third kappa shape index (κ3) is 4.77. The molecule has 0 atom stereocenters. The fraction of sp³-hybridized carbons (Fsp3) is 0.176. The van der Waals surface area contributed by atoms with Crippen molar-refractivity contribution in [2.45, 2.75) is 13.5 Å². The minimum Gasteiger partial charge on any atom is -0.439 e. The monoisotopic (exact) mass is 338 g/mol. The van der Waals surface area contributed by atoms with E-state index in [4.69, 9.17) is 4.74 Å². The predicted molar refractivity (Wildman–Crippen MR) is 92.4 cm³/mol. The number of carbonyl (C=O) groups is 1. The van der Waals surface area contributed by atoms with Gasteiger partial charge in [-0.3, -0.25) is 0 Å². The lowest BCUT2D eigenvalue weighted by atomic mass is 10.3. The van der Waals surface area contributed by atoms with Crippen LogP contribution in [-0.4, -0.2) is 25.6 Å². The Balaban J connectivity index is 1.52. The molecule has 2 aromatic heterocycles. The molecule has 0 bridgehead atoms. The minimum absolute atomic E-state index is 0.300. The first-order valence-electron chi connectivity index (χ1n) is 7.68. The van der Waals surface area contributed by atoms with Crippen LogP contribution >= 0.6 is 0 Å². The first-order valence-corrected chi connectivity index (χ1v) is 7.68. The van der Waals surface area contributed by atoms with Gasteiger partial charge in [-0.15, -0.1) is 0 Å². The Bertz CT molecular complexity index is 860. The molecule has 2 heterocycles. The van der Waals surface area contributed by atoms with E-state index >= 15 is 0 Å². The van der Waals surface area contributed by atoms with Gasteiger partial charge in [-0.25, -0.2) is 14.8 Å². The Labute approximate surface area is 144 Å². The smallest absolute Gasteiger partial charge is 0.319 e. The number of aromatic nitrogens is 4. The number of benzene rings is 1. The van der Waals surface area contributed by atoms with Gasteiger partial charge >= 0.3 is 6.03 Å². The van der Waals surface area contributed by atoms with Gasteiger partial charge in [-0.2, -0.15) is 4.98 Å². The zero-order valence-corrected chi connectivity index (χ0v) is 13.9. The summed E-state index contributed by atoms with van der Waals surface area (Å²) in [5, 5.41) is 5.50. The second-order valence-corrected chi connectivity index (χ2v) is 5.41. The van der Waals surface area contributed by atoms with E-state index in [-0.39, 0.29) is 6.03 Å². The van der Waals surface area contributed by atoms with E-state index in [0.717, 1.165) is 5.69 Å². The van der Waals surface area contributed by atoms with Crippen LogP contribution in [0.5, 0.6) is 11.6 Å². The highest BCUT2D eigenvalue weighted by atomic mass is 16.5. The molecular weight excluding hydrogens is 320 g/mol. The summed E-state index contributed by atoms with van der Waals surface area (Å²) in [5.41, 5.74) is 1.45. The van der Waals surface area contributed by atoms with E-state index < -0.39 is 0 Å². The third-order valence-electron chi connectivity index (χ3n) is 3.27. The first-order chi connectivity index (χ1) is 12.1. The van der Waals surface area contributed by atoms with E-state index in [2.05, 4.69) is 25.6 Å². The molecule has 0 unspecified atom stereocenters. The summed E-state index contributed by atoms with van der Waals surface area (Å²) in [5.74, 6) is 1.74. The number of hydrogen-bond acceptors (Lipinski definition) is 5. The number of carbonyl (C=O) groups excluding carboxylic acids is 1. The van der Waals surface area contributed by atoms with Crippen LogP contribution < -0.4 is 15.4 Å². The van der Waals surface area contributed by atoms with Crippen LogP contribution in [0.25, 0.3) is 0 Å². The molecule has 8 heteroatoms. The van der Waals surface area contributed by atoms with E-state index in [1.807, 2.05) is 17.8 Å². The molecule has 8 nitrogen and oxygen atoms in total. The lowest BCUT2D eigenvalue weighted by molar-refractivity contribution is 0.251. The molecule has 25 heavy (non-hydrogen) atoms. The molecule has 0 fully saturated rings. The third-order valence-corrected chi connectivity index (χ3v) is 3.27. The standard InChI is InChI=1S/C17H18N6O2/c1-12-18-8-7-16(21-12)25-15-5-3-13(4-6-15)22-17(24)19-9-14-10-23(2)11-20-14/h3-8,10-11H,9H2,1-2H3,(H2,19,22,24). The van der Waals surface area contributed by atoms with Crippen molar-refractivity contribution in [1.29, 1.82) is 0 Å². The molecule has 2 amide bonds. The van der Waals surface area contributed by atoms with Crippen molar-refractivity contribution >= 4 is 11.7 Å². The van der Waals surface area contributed by atoms with Gasteiger partial charge in [0.1, 0.15) is 11.6 Å². The van der Waals surface area contributed by atoms with Gasteiger partial charge in [0.25, 0.3) is 0 Å². The molecule has 1 aromatic carbocycles. The number of rotatable bonds is 5. The highest BCUT2D eigenvalue weighted by Gasteiger charge is 2.04. The molecule has 3 rings (SSSR count). The van der Waals surface area contributed by atoms with E-state index in [1.165, 1.54) is 0 Å². The highest BCUT2D eigenvalue weighted by Crippen LogP contribution is 2.21. The Kier molecular flexibility index (Phi) is 4.89. The van der Waals surface area contributed by atoms with Gasteiger partial charge in [-0.05, 0) is 31.2 Å². The van der Waals surface area contributed by atoms with Crippen molar-refractivity contribution in [3.8, 4) is 11.6 Å². The van der Waals surface area contributed by atoms with Crippen LogP contribution in [0.4, 0.5) is 10.5 Å². The van der Waals surface area contributed by atoms with Crippen LogP contribution in [0.1, 0.15) is 11.5 Å². The molecule has 2 N–H and O–H groups in total. The summed E-state index contributed by atoms with van der Waals surface area (Å²) in [6.45, 7) is 2.16. The Morgan fingerprint density at radius 1 is 1.20 bits per heavy atom. The number of anilines is 1. The predicted octanol–water partition coefficient (Wildman–Crippen LogP) is 2.63. The normalized spacial score (nSPS) is 10.3. The van der Waals surface area contributed by atoms with Gasteiger partial charge < -0.3 is 19.9 Å². The summed E-state index contributed by atoms with van der Waals surface area (Å²) in [6.07, 6.45) is 5.17. The fourth-order valence-corrected chi connectivity index (χ4v) is 2.12. The largest absolute Gasteiger partial charge is 0.439 e. The first kappa shape index (κ1) is 16.4. The van der Waals surface area contributed by atoms with Crippen molar-refractivity contribution in [2.24, 2.45) is 7.05 Å². The van der Waals surface area contributed by atoms with E-state index in [0.29, 0.717) is 29.7 Å². The number of imidazole rings is 1. The maximum Gasteiger partial charge on any atom is 0.319 e. The highest BCUT2D eigenvalue weighted by molar-refractivity contribution is 5.89. The molecule has 0 aliphatic rings. The van der Waals surface area contributed by atoms with Gasteiger partial charge in [0.15, 0.2) is 0 Å². The number of urea groups is 1. The second-order valence-electron chi connectivity index (χ2n) is 5.41. The van der Waals surface area contributed by atoms with Crippen molar-refractivity contribution < 1.29 is 9.53 Å². The van der Waals surface area contributed by atoms with Crippen LogP contribution in [-0.2, 0) is 13.6 Å². The number of amides is 2. The zero-order valence-electron chi connectivity index (χ0n) is 13.9. The quantitative estimate of drug-likeness (QED) is 0.746. The summed E-state index contributed by atoms with van der Waals surface area (Å²) in [7, 11) is 1.88. The van der Waals surface area contributed by atoms with Crippen molar-refractivity contribution in [3.05, 3.63) is 60.6 Å². The lowest BCUT2D eigenvalue weighted by Crippen LogP contribution is -2.28. The van der Waals surface area contributed by atoms with Crippen molar-refractivity contribution in [1.82, 2.24) is 24.8 Å². The van der Waals surface area contributed by atoms with E-state index in [9.17, 15) is 4.79 Å². The summed E-state index contributed by atoms with van der Waals surface area (Å²) >= 11 is 0. The van der Waals surface area contributed by atoms with E-state index in [1.54, 1.807) is 49.8 Å². The molecule has 128 valence electrons. The topological polar surface area (TPSA) is 94.0 Å². The molecule has 0 saturated heterocycles. The molecule has 0 spiro atoms. The molecule has 0 radical (unpaired) electrons. The summed E-state index contributed by atoms with van der Waals surface area (Å²) in [4.78, 5) is 24.2. The molecular formula is C17H18N6O2. The summed E-state index contributed by atoms with van der Waals surface area (Å²) in [6, 6.07) is 8.40. The van der Waals surface area contributed by atoms with Gasteiger partial charge in [0.05, 0.1) is 18.6 Å². The van der Waals surface area contributed by atoms with Gasteiger partial charge in [0.2, 0.25) is 5.88 Å². The van der Waals surface area contributed by atoms with Gasteiger partial charge in [0, 0.05) is 31.2 Å². The fourth-order valence-electron chi connectivity index (χ4n) is 2.12. The zero-order chi connectivity index (χ0) is 17.6. The van der Waals surface area contributed by atoms with Crippen LogP contribution in [0.2, 0.25) is 0 Å². The number of nitrogens with one attached hydrogen (secondary N) is 2. The summed E-state index contributed by atoms with van der Waals surface area (Å²) < 4.78 is 7.46. The van der Waals surface area contributed by atoms with Crippen LogP contribution in [0.15, 0.2) is 49.1 Å². The van der Waals surface area contributed by atoms with Gasteiger partial charge in [-0.1, -0.05) is 0 Å². The Morgan fingerprint density at radius 3 is 2.68 bits per heavy atom. The van der Waals surface area contributed by atoms with Crippen LogP contribution in [0, 0.1) is 6.92 Å². The Hall–Kier alpha value is -3.42. The van der Waals surface area contributed by atoms with Crippen molar-refractivity contribution in [2.75, 3.05) is 5.32 Å². The average Bonchev–Trinajstić information content (AvgIpc) is 3.00. The maximum absolute atomic E-state index is 11.9. The Morgan fingerprint density at radius 2 is 2.00 bits per heavy atom. The number of nitrogens with zero attached hydrogens (tertiary/aromatic N) is 4. The van der Waals surface area contributed by atoms with Crippen LogP contribution in [0.3, 0.4) is 0 Å². The molecule has 0 aliphatic heterocycles. The average molecular weight is 338 g/mol. The lowest BCUT2D eigenvalue weighted by Gasteiger charge is -2.08. The molecule has 0 saturated carbocycles. The second kappa shape index (κ2) is 7.43. The number of ether oxygens (including phenoxy) is 1. The molecule has 3 aromatic rings. The number of hydrogen-bond donors (Lipinski definition) is 2. The SMILES string of the molecule is Cc1nccc(Oc2ccc(NC(=O)NCc3cn(C)cn3)cc2)n1. The maximum atomic E-state index is 11.9.